The molecule has 1 aromatic heterocycles. The third-order valence-corrected chi connectivity index (χ3v) is 7.00. The Balaban J connectivity index is 0.00000341. The summed E-state index contributed by atoms with van der Waals surface area (Å²) >= 11 is 1.74. The lowest BCUT2D eigenvalue weighted by Gasteiger charge is -2.39. The number of aromatic nitrogens is 1. The summed E-state index contributed by atoms with van der Waals surface area (Å²) in [7, 11) is 1.84. The molecule has 7 nitrogen and oxygen atoms in total. The number of hydrogen-bond acceptors (Lipinski definition) is 5. The number of aliphatic imine (C=N–C) groups is 1. The van der Waals surface area contributed by atoms with Gasteiger partial charge in [0.05, 0.1) is 16.7 Å². The molecule has 0 spiro atoms. The lowest BCUT2D eigenvalue weighted by Crippen LogP contribution is -2.57. The quantitative estimate of drug-likeness (QED) is 0.340. The maximum atomic E-state index is 12.7. The first-order valence-corrected chi connectivity index (χ1v) is 12.1. The predicted molar refractivity (Wildman–Crippen MR) is 140 cm³/mol. The summed E-state index contributed by atoms with van der Waals surface area (Å²) in [5, 5.41) is 6.84. The molecule has 0 radical (unpaired) electrons. The van der Waals surface area contributed by atoms with E-state index in [-0.39, 0.29) is 35.4 Å². The topological polar surface area (TPSA) is 64.1 Å². The Bertz CT molecular complexity index is 733. The van der Waals surface area contributed by atoms with Gasteiger partial charge in [0.25, 0.3) is 0 Å². The van der Waals surface area contributed by atoms with Crippen LogP contribution in [-0.4, -0.2) is 90.5 Å². The minimum Gasteiger partial charge on any atom is -0.356 e. The van der Waals surface area contributed by atoms with Crippen molar-refractivity contribution in [1.29, 1.82) is 0 Å². The third-order valence-electron chi connectivity index (χ3n) is 6.09. The maximum Gasteiger partial charge on any atom is 0.239 e. The van der Waals surface area contributed by atoms with Crippen LogP contribution < -0.4 is 5.32 Å². The number of nitrogens with one attached hydrogen (secondary N) is 1. The van der Waals surface area contributed by atoms with Crippen LogP contribution in [0.2, 0.25) is 0 Å². The number of hydrogen-bond donors (Lipinski definition) is 1. The molecule has 176 valence electrons. The molecule has 0 bridgehead atoms. The first-order chi connectivity index (χ1) is 14.3. The summed E-state index contributed by atoms with van der Waals surface area (Å²) in [6, 6.07) is -0.0258. The van der Waals surface area contributed by atoms with Crippen molar-refractivity contribution in [2.24, 2.45) is 4.99 Å². The van der Waals surface area contributed by atoms with Gasteiger partial charge in [-0.05, 0) is 19.8 Å². The van der Waals surface area contributed by atoms with Gasteiger partial charge < -0.3 is 15.1 Å². The summed E-state index contributed by atoms with van der Waals surface area (Å²) < 4.78 is 0. The largest absolute Gasteiger partial charge is 0.356 e. The summed E-state index contributed by atoms with van der Waals surface area (Å²) in [6.07, 6.45) is 3.20. The highest BCUT2D eigenvalue weighted by molar-refractivity contribution is 14.0. The zero-order valence-electron chi connectivity index (χ0n) is 19.7. The highest BCUT2D eigenvalue weighted by Crippen LogP contribution is 2.24. The van der Waals surface area contributed by atoms with E-state index in [4.69, 9.17) is 4.98 Å². The number of carbonyl (C=O) groups excluding carboxylic acids is 1. The second-order valence-corrected chi connectivity index (χ2v) is 10.3. The monoisotopic (exact) mass is 562 g/mol. The van der Waals surface area contributed by atoms with Crippen LogP contribution in [0.3, 0.4) is 0 Å². The van der Waals surface area contributed by atoms with E-state index < -0.39 is 0 Å². The van der Waals surface area contributed by atoms with E-state index in [0.29, 0.717) is 5.91 Å². The van der Waals surface area contributed by atoms with Crippen molar-refractivity contribution in [3.8, 4) is 0 Å². The number of thiazole rings is 1. The predicted octanol–water partition coefficient (Wildman–Crippen LogP) is 2.81. The first kappa shape index (κ1) is 26.3. The zero-order chi connectivity index (χ0) is 21.7. The molecule has 31 heavy (non-hydrogen) atoms. The Morgan fingerprint density at radius 1 is 1.16 bits per heavy atom. The molecule has 1 atom stereocenters. The van der Waals surface area contributed by atoms with E-state index in [1.54, 1.807) is 11.3 Å². The summed E-state index contributed by atoms with van der Waals surface area (Å²) in [5.74, 6) is 1.24. The smallest absolute Gasteiger partial charge is 0.239 e. The Kier molecular flexibility index (Phi) is 10.0. The summed E-state index contributed by atoms with van der Waals surface area (Å²) in [5.41, 5.74) is 1.27. The molecule has 0 aliphatic carbocycles. The Morgan fingerprint density at radius 2 is 1.81 bits per heavy atom. The van der Waals surface area contributed by atoms with Gasteiger partial charge in [0.1, 0.15) is 0 Å². The van der Waals surface area contributed by atoms with E-state index in [1.807, 2.05) is 11.9 Å². The van der Waals surface area contributed by atoms with Crippen molar-refractivity contribution in [3.05, 3.63) is 16.1 Å². The molecule has 1 N–H and O–H groups in total. The molecule has 1 amide bonds. The second kappa shape index (κ2) is 11.8. The van der Waals surface area contributed by atoms with Crippen molar-refractivity contribution < 1.29 is 4.79 Å². The number of piperazine rings is 1. The molecular weight excluding hydrogens is 523 g/mol. The molecule has 2 saturated heterocycles. The van der Waals surface area contributed by atoms with Crippen molar-refractivity contribution in [3.63, 3.8) is 0 Å². The SMILES string of the molecule is CN=C(NCCc1nc(C(C)(C)C)cs1)N1CCN(C(C)C(=O)N2CCCC2)CC1.I. The fourth-order valence-electron chi connectivity index (χ4n) is 4.06. The Hall–Kier alpha value is -0.940. The molecule has 0 saturated carbocycles. The molecule has 2 aliphatic heterocycles. The van der Waals surface area contributed by atoms with Crippen molar-refractivity contribution in [2.45, 2.75) is 58.4 Å². The number of guanidine groups is 1. The van der Waals surface area contributed by atoms with Crippen molar-refractivity contribution >= 4 is 47.2 Å². The fourth-order valence-corrected chi connectivity index (χ4v) is 5.09. The lowest BCUT2D eigenvalue weighted by atomic mass is 9.93. The number of halogens is 1. The highest BCUT2D eigenvalue weighted by Gasteiger charge is 2.30. The van der Waals surface area contributed by atoms with Gasteiger partial charge in [-0.1, -0.05) is 20.8 Å². The molecule has 1 aromatic rings. The molecule has 3 heterocycles. The van der Waals surface area contributed by atoms with Crippen LogP contribution in [0.5, 0.6) is 0 Å². The number of rotatable bonds is 5. The van der Waals surface area contributed by atoms with Crippen LogP contribution in [0, 0.1) is 0 Å². The van der Waals surface area contributed by atoms with Gasteiger partial charge in [-0.25, -0.2) is 4.98 Å². The number of likely N-dealkylation sites (tertiary alicyclic amines) is 1. The number of amides is 1. The highest BCUT2D eigenvalue weighted by atomic mass is 127. The minimum absolute atomic E-state index is 0. The third kappa shape index (κ3) is 7.02. The van der Waals surface area contributed by atoms with Gasteiger partial charge in [0.2, 0.25) is 5.91 Å². The number of nitrogens with zero attached hydrogens (tertiary/aromatic N) is 5. The summed E-state index contributed by atoms with van der Waals surface area (Å²) in [4.78, 5) is 28.6. The first-order valence-electron chi connectivity index (χ1n) is 11.2. The molecule has 0 aromatic carbocycles. The Morgan fingerprint density at radius 3 is 2.35 bits per heavy atom. The zero-order valence-corrected chi connectivity index (χ0v) is 22.8. The van der Waals surface area contributed by atoms with Crippen LogP contribution in [0.4, 0.5) is 0 Å². The molecule has 2 fully saturated rings. The van der Waals surface area contributed by atoms with Gasteiger partial charge in [0, 0.05) is 70.1 Å². The van der Waals surface area contributed by atoms with Gasteiger partial charge in [-0.2, -0.15) is 0 Å². The van der Waals surface area contributed by atoms with E-state index >= 15 is 0 Å². The van der Waals surface area contributed by atoms with E-state index in [9.17, 15) is 4.79 Å². The van der Waals surface area contributed by atoms with Crippen LogP contribution in [0.1, 0.15) is 51.2 Å². The van der Waals surface area contributed by atoms with Gasteiger partial charge >= 0.3 is 0 Å². The fraction of sp³-hybridized carbons (Fsp3) is 0.773. The minimum atomic E-state index is -0.0258. The van der Waals surface area contributed by atoms with Crippen LogP contribution in [0.25, 0.3) is 0 Å². The van der Waals surface area contributed by atoms with E-state index in [0.717, 1.165) is 71.0 Å². The van der Waals surface area contributed by atoms with Gasteiger partial charge in [-0.15, -0.1) is 35.3 Å². The van der Waals surface area contributed by atoms with Gasteiger partial charge in [0.15, 0.2) is 5.96 Å². The average Bonchev–Trinajstić information content (AvgIpc) is 3.42. The molecular formula is C22H39IN6OS. The van der Waals surface area contributed by atoms with Crippen LogP contribution >= 0.6 is 35.3 Å². The van der Waals surface area contributed by atoms with Crippen LogP contribution in [-0.2, 0) is 16.6 Å². The Labute approximate surface area is 208 Å². The standard InChI is InChI=1S/C22H38N6OS.HI/c1-17(20(29)27-10-6-7-11-27)26-12-14-28(15-13-26)21(23-5)24-9-8-19-25-18(16-30-19)22(2,3)4;/h16-17H,6-15H2,1-5H3,(H,23,24);1H. The summed E-state index contributed by atoms with van der Waals surface area (Å²) in [6.45, 7) is 14.9. The average molecular weight is 563 g/mol. The van der Waals surface area contributed by atoms with E-state index in [1.165, 1.54) is 10.7 Å². The molecule has 9 heteroatoms. The maximum absolute atomic E-state index is 12.7. The molecule has 2 aliphatic rings. The van der Waals surface area contributed by atoms with Crippen molar-refractivity contribution in [2.75, 3.05) is 52.9 Å². The van der Waals surface area contributed by atoms with Crippen molar-refractivity contribution in [1.82, 2.24) is 25.0 Å². The van der Waals surface area contributed by atoms with E-state index in [2.05, 4.69) is 53.2 Å². The second-order valence-electron chi connectivity index (χ2n) is 9.33. The van der Waals surface area contributed by atoms with Gasteiger partial charge in [-0.3, -0.25) is 14.7 Å². The molecule has 3 rings (SSSR count). The molecule has 1 unspecified atom stereocenters. The lowest BCUT2D eigenvalue weighted by molar-refractivity contribution is -0.135. The normalized spacial score (nSPS) is 19.3. The number of carbonyl (C=O) groups is 1. The van der Waals surface area contributed by atoms with Crippen LogP contribution in [0.15, 0.2) is 10.4 Å².